The molecule has 2 aromatic carbocycles. The monoisotopic (exact) mass is 422 g/mol. The first-order chi connectivity index (χ1) is 14.4. The maximum atomic E-state index is 12.9. The Balaban J connectivity index is 1.57. The Morgan fingerprint density at radius 2 is 1.70 bits per heavy atom. The van der Waals surface area contributed by atoms with Crippen molar-refractivity contribution in [2.24, 2.45) is 0 Å². The van der Waals surface area contributed by atoms with Crippen molar-refractivity contribution in [3.8, 4) is 0 Å². The molecule has 4 rings (SSSR count). The summed E-state index contributed by atoms with van der Waals surface area (Å²) in [6.45, 7) is 1.71. The number of ketones is 1. The van der Waals surface area contributed by atoms with E-state index >= 15 is 0 Å². The average Bonchev–Trinajstić information content (AvgIpc) is 3.08. The maximum Gasteiger partial charge on any atom is 0.291 e. The van der Waals surface area contributed by atoms with Crippen LogP contribution in [0.25, 0.3) is 0 Å². The number of para-hydroxylation sites is 1. The summed E-state index contributed by atoms with van der Waals surface area (Å²) in [5.41, 5.74) is 2.27. The van der Waals surface area contributed by atoms with Crippen molar-refractivity contribution < 1.29 is 18.8 Å². The number of fused-ring (bicyclic) bond motifs is 1. The molecule has 0 radical (unpaired) electrons. The molecule has 0 unspecified atom stereocenters. The van der Waals surface area contributed by atoms with Crippen molar-refractivity contribution in [2.45, 2.75) is 26.2 Å². The zero-order chi connectivity index (χ0) is 21.3. The smallest absolute Gasteiger partial charge is 0.291 e. The summed E-state index contributed by atoms with van der Waals surface area (Å²) in [5.74, 6) is -0.217. The van der Waals surface area contributed by atoms with Crippen LogP contribution in [0.15, 0.2) is 52.9 Å². The van der Waals surface area contributed by atoms with E-state index in [1.54, 1.807) is 55.5 Å². The molecule has 1 aliphatic rings. The largest absolute Gasteiger partial charge is 0.455 e. The van der Waals surface area contributed by atoms with Crippen molar-refractivity contribution in [2.75, 3.05) is 10.6 Å². The lowest BCUT2D eigenvalue weighted by Gasteiger charge is -2.11. The molecule has 0 spiro atoms. The van der Waals surface area contributed by atoms with E-state index in [0.717, 1.165) is 0 Å². The van der Waals surface area contributed by atoms with E-state index in [4.69, 9.17) is 16.0 Å². The fraction of sp³-hybridized carbons (Fsp3) is 0.174. The molecule has 3 aromatic rings. The lowest BCUT2D eigenvalue weighted by atomic mass is 9.94. The first-order valence-corrected chi connectivity index (χ1v) is 9.94. The van der Waals surface area contributed by atoms with Gasteiger partial charge in [0.1, 0.15) is 5.76 Å². The molecule has 152 valence electrons. The summed E-state index contributed by atoms with van der Waals surface area (Å²) in [5, 5.41) is 6.09. The molecule has 30 heavy (non-hydrogen) atoms. The van der Waals surface area contributed by atoms with Crippen LogP contribution in [0, 0.1) is 6.92 Å². The predicted molar refractivity (Wildman–Crippen MR) is 115 cm³/mol. The van der Waals surface area contributed by atoms with Gasteiger partial charge >= 0.3 is 0 Å². The number of halogens is 1. The van der Waals surface area contributed by atoms with Crippen LogP contribution in [0.3, 0.4) is 0 Å². The second-order valence-electron chi connectivity index (χ2n) is 7.09. The lowest BCUT2D eigenvalue weighted by Crippen LogP contribution is -2.18. The minimum absolute atomic E-state index is 0.000655. The van der Waals surface area contributed by atoms with Crippen molar-refractivity contribution in [3.63, 3.8) is 0 Å². The summed E-state index contributed by atoms with van der Waals surface area (Å²) in [4.78, 5) is 37.8. The van der Waals surface area contributed by atoms with Crippen molar-refractivity contribution in [3.05, 3.63) is 81.8 Å². The number of carbonyl (C=O) groups excluding carboxylic acids is 3. The van der Waals surface area contributed by atoms with Crippen LogP contribution in [0.1, 0.15) is 55.4 Å². The van der Waals surface area contributed by atoms with Gasteiger partial charge in [0, 0.05) is 29.1 Å². The van der Waals surface area contributed by atoms with E-state index in [9.17, 15) is 14.4 Å². The first-order valence-electron chi connectivity index (χ1n) is 9.57. The molecule has 1 aromatic heterocycles. The van der Waals surface area contributed by atoms with E-state index in [0.29, 0.717) is 58.1 Å². The number of hydrogen-bond acceptors (Lipinski definition) is 4. The molecule has 2 N–H and O–H groups in total. The highest BCUT2D eigenvalue weighted by Crippen LogP contribution is 2.30. The van der Waals surface area contributed by atoms with Gasteiger partial charge in [0.2, 0.25) is 0 Å². The van der Waals surface area contributed by atoms with Gasteiger partial charge in [0.15, 0.2) is 11.5 Å². The number of furan rings is 1. The first kappa shape index (κ1) is 19.9. The van der Waals surface area contributed by atoms with Gasteiger partial charge < -0.3 is 15.1 Å². The van der Waals surface area contributed by atoms with Crippen LogP contribution in [0.4, 0.5) is 11.4 Å². The lowest BCUT2D eigenvalue weighted by molar-refractivity contribution is 0.0962. The number of benzene rings is 2. The standard InChI is InChI=1S/C23H19ClN2O4/c1-13-20-18(27)7-4-8-19(20)30-21(13)23(29)26-17-6-3-2-5-16(17)22(28)25-15-11-9-14(24)10-12-15/h2-3,5-6,9-12H,4,7-8H2,1H3,(H,25,28)(H,26,29). The molecule has 6 nitrogen and oxygen atoms in total. The molecule has 0 fully saturated rings. The van der Waals surface area contributed by atoms with Crippen LogP contribution < -0.4 is 10.6 Å². The van der Waals surface area contributed by atoms with E-state index in [2.05, 4.69) is 10.6 Å². The van der Waals surface area contributed by atoms with Gasteiger partial charge in [-0.1, -0.05) is 23.7 Å². The summed E-state index contributed by atoms with van der Waals surface area (Å²) < 4.78 is 5.70. The number of anilines is 2. The molecule has 0 bridgehead atoms. The van der Waals surface area contributed by atoms with Crippen LogP contribution in [0.2, 0.25) is 5.02 Å². The van der Waals surface area contributed by atoms with Gasteiger partial charge in [-0.3, -0.25) is 14.4 Å². The zero-order valence-electron chi connectivity index (χ0n) is 16.3. The Kier molecular flexibility index (Phi) is 5.42. The quantitative estimate of drug-likeness (QED) is 0.599. The highest BCUT2D eigenvalue weighted by molar-refractivity contribution is 6.30. The van der Waals surface area contributed by atoms with Gasteiger partial charge in [-0.15, -0.1) is 0 Å². The fourth-order valence-corrected chi connectivity index (χ4v) is 3.69. The second-order valence-corrected chi connectivity index (χ2v) is 7.53. The van der Waals surface area contributed by atoms with Crippen LogP contribution in [-0.4, -0.2) is 17.6 Å². The summed E-state index contributed by atoms with van der Waals surface area (Å²) in [6.07, 6.45) is 1.81. The summed E-state index contributed by atoms with van der Waals surface area (Å²) in [6, 6.07) is 13.4. The highest BCUT2D eigenvalue weighted by Gasteiger charge is 2.29. The van der Waals surface area contributed by atoms with Crippen molar-refractivity contribution in [1.82, 2.24) is 0 Å². The Morgan fingerprint density at radius 1 is 0.967 bits per heavy atom. The van der Waals surface area contributed by atoms with E-state index in [1.165, 1.54) is 0 Å². The van der Waals surface area contributed by atoms with E-state index < -0.39 is 5.91 Å². The third-order valence-corrected chi connectivity index (χ3v) is 5.29. The molecular weight excluding hydrogens is 404 g/mol. The molecule has 0 saturated heterocycles. The topological polar surface area (TPSA) is 88.4 Å². The molecule has 0 atom stereocenters. The van der Waals surface area contributed by atoms with Gasteiger partial charge in [0.25, 0.3) is 11.8 Å². The minimum Gasteiger partial charge on any atom is -0.455 e. The Hall–Kier alpha value is -3.38. The van der Waals surface area contributed by atoms with E-state index in [-0.39, 0.29) is 17.5 Å². The fourth-order valence-electron chi connectivity index (χ4n) is 3.57. The van der Waals surface area contributed by atoms with Crippen molar-refractivity contribution >= 4 is 40.6 Å². The number of nitrogens with one attached hydrogen (secondary N) is 2. The van der Waals surface area contributed by atoms with Gasteiger partial charge in [-0.05, 0) is 49.7 Å². The minimum atomic E-state index is -0.499. The molecule has 0 saturated carbocycles. The Bertz CT molecular complexity index is 1150. The Labute approximate surface area is 178 Å². The summed E-state index contributed by atoms with van der Waals surface area (Å²) in [7, 11) is 0. The average molecular weight is 423 g/mol. The number of carbonyl (C=O) groups is 3. The predicted octanol–water partition coefficient (Wildman–Crippen LogP) is 5.27. The number of hydrogen-bond donors (Lipinski definition) is 2. The molecular formula is C23H19ClN2O4. The summed E-state index contributed by atoms with van der Waals surface area (Å²) >= 11 is 5.88. The number of aryl methyl sites for hydroxylation is 1. The van der Waals surface area contributed by atoms with Crippen LogP contribution in [0.5, 0.6) is 0 Å². The highest BCUT2D eigenvalue weighted by atomic mass is 35.5. The van der Waals surface area contributed by atoms with Crippen molar-refractivity contribution in [1.29, 1.82) is 0 Å². The Morgan fingerprint density at radius 3 is 2.43 bits per heavy atom. The van der Waals surface area contributed by atoms with Crippen LogP contribution in [-0.2, 0) is 6.42 Å². The van der Waals surface area contributed by atoms with Gasteiger partial charge in [0.05, 0.1) is 16.8 Å². The molecule has 2 amide bonds. The second kappa shape index (κ2) is 8.16. The normalized spacial score (nSPS) is 12.9. The van der Waals surface area contributed by atoms with Crippen LogP contribution >= 0.6 is 11.6 Å². The molecule has 1 heterocycles. The number of rotatable bonds is 4. The third-order valence-electron chi connectivity index (χ3n) is 5.03. The molecule has 7 heteroatoms. The molecule has 1 aliphatic carbocycles. The number of amides is 2. The SMILES string of the molecule is Cc1c(C(=O)Nc2ccccc2C(=O)Nc2ccc(Cl)cc2)oc2c1C(=O)CCC2. The van der Waals surface area contributed by atoms with Gasteiger partial charge in [-0.25, -0.2) is 0 Å². The third kappa shape index (κ3) is 3.86. The molecule has 0 aliphatic heterocycles. The zero-order valence-corrected chi connectivity index (χ0v) is 17.0. The van der Waals surface area contributed by atoms with E-state index in [1.807, 2.05) is 0 Å². The number of Topliss-reactive ketones (excluding diaryl/α,β-unsaturated/α-hetero) is 1. The maximum absolute atomic E-state index is 12.9. The van der Waals surface area contributed by atoms with Gasteiger partial charge in [-0.2, -0.15) is 0 Å².